The Morgan fingerprint density at radius 2 is 1.75 bits per heavy atom. The van der Waals surface area contributed by atoms with Gasteiger partial charge in [-0.25, -0.2) is 9.78 Å². The molecule has 0 aliphatic carbocycles. The number of para-hydroxylation sites is 1. The van der Waals surface area contributed by atoms with Crippen LogP contribution < -0.4 is 5.56 Å². The van der Waals surface area contributed by atoms with Crippen molar-refractivity contribution in [2.75, 3.05) is 0 Å². The third kappa shape index (κ3) is 3.78. The van der Waals surface area contributed by atoms with E-state index in [1.165, 1.54) is 10.5 Å². The van der Waals surface area contributed by atoms with E-state index in [9.17, 15) is 9.59 Å². The summed E-state index contributed by atoms with van der Waals surface area (Å²) in [5, 5.41) is 0.829. The fourth-order valence-electron chi connectivity index (χ4n) is 3.87. The summed E-state index contributed by atoms with van der Waals surface area (Å²) in [5.41, 5.74) is 4.29. The molecule has 0 aliphatic rings. The Morgan fingerprint density at radius 3 is 2.59 bits per heavy atom. The molecule has 0 aliphatic heterocycles. The quantitative estimate of drug-likeness (QED) is 0.394. The number of aromatic nitrogens is 3. The molecule has 0 amide bonds. The smallest absolute Gasteiger partial charge is 0.340 e. The van der Waals surface area contributed by atoms with Crippen molar-refractivity contribution in [3.8, 4) is 0 Å². The number of hydrogen-bond donors (Lipinski definition) is 0. The van der Waals surface area contributed by atoms with Crippen LogP contribution in [0.5, 0.6) is 0 Å². The minimum Gasteiger partial charge on any atom is -0.456 e. The van der Waals surface area contributed by atoms with Gasteiger partial charge in [-0.05, 0) is 30.2 Å². The molecule has 0 unspecified atom stereocenters. The molecule has 158 valence electrons. The van der Waals surface area contributed by atoms with Crippen LogP contribution in [0.4, 0.5) is 0 Å². The van der Waals surface area contributed by atoms with Crippen molar-refractivity contribution >= 4 is 22.5 Å². The minimum absolute atomic E-state index is 0.0728. The van der Waals surface area contributed by atoms with Crippen LogP contribution in [0.25, 0.3) is 16.6 Å². The fourth-order valence-corrected chi connectivity index (χ4v) is 3.87. The highest BCUT2D eigenvalue weighted by atomic mass is 16.5. The van der Waals surface area contributed by atoms with Crippen LogP contribution >= 0.6 is 0 Å². The molecule has 0 spiro atoms. The molecule has 2 aromatic carbocycles. The zero-order valence-electron chi connectivity index (χ0n) is 17.6. The third-order valence-electron chi connectivity index (χ3n) is 5.42. The van der Waals surface area contributed by atoms with Gasteiger partial charge in [-0.15, -0.1) is 0 Å². The first-order valence-corrected chi connectivity index (χ1v) is 10.4. The van der Waals surface area contributed by atoms with Crippen molar-refractivity contribution in [1.82, 2.24) is 14.0 Å². The number of pyridine rings is 1. The van der Waals surface area contributed by atoms with Crippen LogP contribution in [-0.2, 0) is 17.9 Å². The van der Waals surface area contributed by atoms with Crippen LogP contribution in [0.15, 0.2) is 90.0 Å². The maximum Gasteiger partial charge on any atom is 0.340 e. The fraction of sp³-hybridized carbons (Fsp3) is 0.115. The second kappa shape index (κ2) is 8.15. The zero-order valence-corrected chi connectivity index (χ0v) is 17.6. The first-order chi connectivity index (χ1) is 15.6. The highest BCUT2D eigenvalue weighted by Crippen LogP contribution is 2.23. The van der Waals surface area contributed by atoms with Crippen LogP contribution in [0, 0.1) is 6.92 Å². The number of rotatable bonds is 5. The summed E-state index contributed by atoms with van der Waals surface area (Å²) in [7, 11) is 0. The molecule has 5 aromatic rings. The molecule has 0 atom stereocenters. The number of carbonyl (C=O) groups excluding carboxylic acids is 1. The number of fused-ring (bicyclic) bond motifs is 2. The lowest BCUT2D eigenvalue weighted by Gasteiger charge is -2.06. The summed E-state index contributed by atoms with van der Waals surface area (Å²) in [5.74, 6) is -0.445. The number of hydrogen-bond acceptors (Lipinski definition) is 4. The second-order valence-electron chi connectivity index (χ2n) is 7.77. The lowest BCUT2D eigenvalue weighted by molar-refractivity contribution is 0.0470. The van der Waals surface area contributed by atoms with Gasteiger partial charge in [-0.1, -0.05) is 54.6 Å². The predicted molar refractivity (Wildman–Crippen MR) is 123 cm³/mol. The molecule has 3 heterocycles. The first-order valence-electron chi connectivity index (χ1n) is 10.4. The molecule has 6 nitrogen and oxygen atoms in total. The number of aryl methyl sites for hydroxylation is 1. The molecule has 0 fully saturated rings. The molecular weight excluding hydrogens is 402 g/mol. The lowest BCUT2D eigenvalue weighted by atomic mass is 10.2. The van der Waals surface area contributed by atoms with Crippen molar-refractivity contribution in [2.24, 2.45) is 0 Å². The summed E-state index contributed by atoms with van der Waals surface area (Å²) in [6.07, 6.45) is 3.56. The second-order valence-corrected chi connectivity index (χ2v) is 7.77. The summed E-state index contributed by atoms with van der Waals surface area (Å²) >= 11 is 0. The highest BCUT2D eigenvalue weighted by molar-refractivity contribution is 6.04. The van der Waals surface area contributed by atoms with Gasteiger partial charge in [0.05, 0.1) is 11.3 Å². The normalized spacial score (nSPS) is 11.2. The summed E-state index contributed by atoms with van der Waals surface area (Å²) in [6, 6.07) is 22.9. The maximum atomic E-state index is 12.9. The van der Waals surface area contributed by atoms with E-state index in [4.69, 9.17) is 4.74 Å². The van der Waals surface area contributed by atoms with E-state index in [0.717, 1.165) is 22.0 Å². The Morgan fingerprint density at radius 1 is 0.969 bits per heavy atom. The molecule has 0 N–H and O–H groups in total. The molecule has 0 bridgehead atoms. The minimum atomic E-state index is -0.445. The van der Waals surface area contributed by atoms with Gasteiger partial charge in [0.15, 0.2) is 0 Å². The summed E-state index contributed by atoms with van der Waals surface area (Å²) < 4.78 is 9.08. The van der Waals surface area contributed by atoms with Crippen LogP contribution in [0.1, 0.15) is 27.2 Å². The SMILES string of the molecule is Cc1ccc2nc(COC(=O)c3cn(Cc4ccccc4)c4ccccc34)cc(=O)n2c1. The van der Waals surface area contributed by atoms with Crippen molar-refractivity contribution in [3.05, 3.63) is 118 Å². The van der Waals surface area contributed by atoms with Gasteiger partial charge in [0.1, 0.15) is 12.3 Å². The van der Waals surface area contributed by atoms with Gasteiger partial charge in [0.2, 0.25) is 0 Å². The van der Waals surface area contributed by atoms with Crippen LogP contribution in [0.3, 0.4) is 0 Å². The Labute approximate surface area is 184 Å². The van der Waals surface area contributed by atoms with Crippen LogP contribution in [0.2, 0.25) is 0 Å². The van der Waals surface area contributed by atoms with E-state index in [2.05, 4.69) is 17.1 Å². The average molecular weight is 423 g/mol. The molecule has 0 radical (unpaired) electrons. The number of ether oxygens (including phenoxy) is 1. The Kier molecular flexibility index (Phi) is 5.03. The van der Waals surface area contributed by atoms with E-state index in [1.807, 2.05) is 66.2 Å². The van der Waals surface area contributed by atoms with Crippen molar-refractivity contribution in [2.45, 2.75) is 20.1 Å². The number of esters is 1. The molecule has 32 heavy (non-hydrogen) atoms. The van der Waals surface area contributed by atoms with Crippen LogP contribution in [-0.4, -0.2) is 19.9 Å². The number of benzene rings is 2. The Bertz CT molecular complexity index is 1500. The zero-order chi connectivity index (χ0) is 22.1. The predicted octanol–water partition coefficient (Wildman–Crippen LogP) is 4.36. The molecule has 6 heteroatoms. The molecule has 3 aromatic heterocycles. The molecule has 0 saturated heterocycles. The van der Waals surface area contributed by atoms with Gasteiger partial charge in [0, 0.05) is 35.9 Å². The number of nitrogens with zero attached hydrogens (tertiary/aromatic N) is 3. The summed E-state index contributed by atoms with van der Waals surface area (Å²) in [4.78, 5) is 29.8. The van der Waals surface area contributed by atoms with Gasteiger partial charge < -0.3 is 9.30 Å². The van der Waals surface area contributed by atoms with E-state index in [0.29, 0.717) is 23.4 Å². The largest absolute Gasteiger partial charge is 0.456 e. The summed E-state index contributed by atoms with van der Waals surface area (Å²) in [6.45, 7) is 2.49. The van der Waals surface area contributed by atoms with E-state index in [1.54, 1.807) is 12.3 Å². The monoisotopic (exact) mass is 423 g/mol. The molecule has 0 saturated carbocycles. The van der Waals surface area contributed by atoms with E-state index in [-0.39, 0.29) is 12.2 Å². The van der Waals surface area contributed by atoms with Gasteiger partial charge in [0.25, 0.3) is 5.56 Å². The number of carbonyl (C=O) groups is 1. The van der Waals surface area contributed by atoms with Gasteiger partial charge in [-0.2, -0.15) is 0 Å². The van der Waals surface area contributed by atoms with Gasteiger partial charge in [-0.3, -0.25) is 9.20 Å². The Hall–Kier alpha value is -4.19. The first kappa shape index (κ1) is 19.8. The lowest BCUT2D eigenvalue weighted by Crippen LogP contribution is -2.16. The topological polar surface area (TPSA) is 65.6 Å². The standard InChI is InChI=1S/C26H21N3O3/c1-18-11-12-24-27-20(13-25(30)29(24)14-18)17-32-26(31)22-16-28(15-19-7-3-2-4-8-19)23-10-6-5-9-21(22)23/h2-14,16H,15,17H2,1H3. The average Bonchev–Trinajstić information content (AvgIpc) is 3.17. The molecule has 5 rings (SSSR count). The molecular formula is C26H21N3O3. The van der Waals surface area contributed by atoms with E-state index >= 15 is 0 Å². The van der Waals surface area contributed by atoms with Gasteiger partial charge >= 0.3 is 5.97 Å². The van der Waals surface area contributed by atoms with E-state index < -0.39 is 5.97 Å². The van der Waals surface area contributed by atoms with Crippen molar-refractivity contribution in [1.29, 1.82) is 0 Å². The highest BCUT2D eigenvalue weighted by Gasteiger charge is 2.17. The van der Waals surface area contributed by atoms with Crippen molar-refractivity contribution < 1.29 is 9.53 Å². The third-order valence-corrected chi connectivity index (χ3v) is 5.42. The van der Waals surface area contributed by atoms with Crippen molar-refractivity contribution in [3.63, 3.8) is 0 Å². The Balaban J connectivity index is 1.41. The maximum absolute atomic E-state index is 12.9.